The number of benzene rings is 1. The van der Waals surface area contributed by atoms with E-state index in [1.165, 1.54) is 4.90 Å². The number of anilines is 1. The molecule has 1 atom stereocenters. The fourth-order valence-corrected chi connectivity index (χ4v) is 5.19. The Bertz CT molecular complexity index is 1030. The summed E-state index contributed by atoms with van der Waals surface area (Å²) < 4.78 is 0. The molecule has 10 heteroatoms. The quantitative estimate of drug-likeness (QED) is 0.656. The molecule has 3 fully saturated rings. The molecule has 10 nitrogen and oxygen atoms in total. The number of urea groups is 1. The van der Waals surface area contributed by atoms with Crippen LogP contribution in [0.5, 0.6) is 0 Å². The van der Waals surface area contributed by atoms with E-state index in [9.17, 15) is 24.0 Å². The van der Waals surface area contributed by atoms with Gasteiger partial charge in [-0.3, -0.25) is 29.4 Å². The summed E-state index contributed by atoms with van der Waals surface area (Å²) in [7, 11) is 0. The summed E-state index contributed by atoms with van der Waals surface area (Å²) in [6, 6.07) is 6.46. The summed E-state index contributed by atoms with van der Waals surface area (Å²) in [5.41, 5.74) is -0.863. The molecule has 2 N–H and O–H groups in total. The Morgan fingerprint density at radius 1 is 1.06 bits per heavy atom. The lowest BCUT2D eigenvalue weighted by Crippen LogP contribution is -2.64. The van der Waals surface area contributed by atoms with Crippen LogP contribution < -0.4 is 15.5 Å². The second-order valence-corrected chi connectivity index (χ2v) is 8.73. The molecule has 1 aromatic carbocycles. The van der Waals surface area contributed by atoms with Crippen molar-refractivity contribution in [3.05, 3.63) is 29.8 Å². The highest BCUT2D eigenvalue weighted by Crippen LogP contribution is 2.44. The first-order valence-electron chi connectivity index (χ1n) is 10.4. The highest BCUT2D eigenvalue weighted by Gasteiger charge is 2.54. The van der Waals surface area contributed by atoms with Gasteiger partial charge >= 0.3 is 6.03 Å². The van der Waals surface area contributed by atoms with E-state index < -0.39 is 17.2 Å². The van der Waals surface area contributed by atoms with Crippen LogP contribution in [0.2, 0.25) is 0 Å². The Hall–Kier alpha value is -3.43. The topological polar surface area (TPSA) is 119 Å². The average Bonchev–Trinajstić information content (AvgIpc) is 3.20. The van der Waals surface area contributed by atoms with Crippen molar-refractivity contribution in [3.8, 4) is 0 Å². The Labute approximate surface area is 178 Å². The largest absolute Gasteiger partial charge is 0.341 e. The minimum absolute atomic E-state index is 0.0669. The van der Waals surface area contributed by atoms with Gasteiger partial charge in [-0.2, -0.15) is 0 Å². The standard InChI is InChI=1S/C21H23N5O5/c1-20-7-6-15(27)26(20)14-5-3-2-4-13(14)17(29)25(20)12-16(28)24-10-8-21(9-11-24)18(30)22-19(31)23-21/h2-5H,6-12H2,1H3,(H2,22,23,30,31). The zero-order valence-electron chi connectivity index (χ0n) is 17.1. The number of amides is 6. The van der Waals surface area contributed by atoms with E-state index in [1.54, 1.807) is 34.1 Å². The molecular weight excluding hydrogens is 402 g/mol. The van der Waals surface area contributed by atoms with Crippen molar-refractivity contribution in [2.45, 2.75) is 43.8 Å². The van der Waals surface area contributed by atoms with Crippen molar-refractivity contribution in [2.75, 3.05) is 24.5 Å². The van der Waals surface area contributed by atoms with Crippen LogP contribution in [0.25, 0.3) is 0 Å². The highest BCUT2D eigenvalue weighted by atomic mass is 16.2. The number of imide groups is 1. The number of nitrogens with zero attached hydrogens (tertiary/aromatic N) is 3. The first-order chi connectivity index (χ1) is 14.7. The van der Waals surface area contributed by atoms with Gasteiger partial charge in [0.1, 0.15) is 17.7 Å². The second kappa shape index (κ2) is 6.53. The predicted octanol–water partition coefficient (Wildman–Crippen LogP) is 0.186. The van der Waals surface area contributed by atoms with Crippen molar-refractivity contribution in [1.82, 2.24) is 20.4 Å². The van der Waals surface area contributed by atoms with Gasteiger partial charge in [0.2, 0.25) is 11.8 Å². The van der Waals surface area contributed by atoms with Gasteiger partial charge in [-0.15, -0.1) is 0 Å². The van der Waals surface area contributed by atoms with E-state index in [2.05, 4.69) is 10.6 Å². The molecule has 4 heterocycles. The van der Waals surface area contributed by atoms with Gasteiger partial charge in [-0.1, -0.05) is 12.1 Å². The van der Waals surface area contributed by atoms with E-state index >= 15 is 0 Å². The maximum absolute atomic E-state index is 13.3. The van der Waals surface area contributed by atoms with Crippen LogP contribution in [0.3, 0.4) is 0 Å². The Kier molecular flexibility index (Phi) is 4.11. The maximum atomic E-state index is 13.3. The van der Waals surface area contributed by atoms with Crippen molar-refractivity contribution < 1.29 is 24.0 Å². The SMILES string of the molecule is CC12CCC(=O)N1c1ccccc1C(=O)N2CC(=O)N1CCC2(CC1)NC(=O)NC2=O. The minimum atomic E-state index is -0.964. The molecule has 4 aliphatic rings. The first kappa shape index (κ1) is 19.5. The lowest BCUT2D eigenvalue weighted by Gasteiger charge is -2.49. The molecule has 31 heavy (non-hydrogen) atoms. The molecule has 0 saturated carbocycles. The maximum Gasteiger partial charge on any atom is 0.322 e. The first-order valence-corrected chi connectivity index (χ1v) is 10.4. The number of nitrogens with one attached hydrogen (secondary N) is 2. The molecule has 0 aromatic heterocycles. The number of carbonyl (C=O) groups is 5. The van der Waals surface area contributed by atoms with Crippen LogP contribution in [0.15, 0.2) is 24.3 Å². The molecule has 1 aromatic rings. The van der Waals surface area contributed by atoms with Gasteiger partial charge in [0.05, 0.1) is 11.3 Å². The Morgan fingerprint density at radius 2 is 1.77 bits per heavy atom. The van der Waals surface area contributed by atoms with E-state index in [0.717, 1.165) is 0 Å². The predicted molar refractivity (Wildman–Crippen MR) is 108 cm³/mol. The summed E-state index contributed by atoms with van der Waals surface area (Å²) in [5, 5.41) is 4.93. The van der Waals surface area contributed by atoms with Gasteiger partial charge in [-0.25, -0.2) is 4.79 Å². The van der Waals surface area contributed by atoms with Gasteiger partial charge in [0.25, 0.3) is 11.8 Å². The van der Waals surface area contributed by atoms with Crippen LogP contribution in [-0.4, -0.2) is 70.3 Å². The fourth-order valence-electron chi connectivity index (χ4n) is 5.19. The molecule has 0 bridgehead atoms. The monoisotopic (exact) mass is 425 g/mol. The molecule has 6 amide bonds. The summed E-state index contributed by atoms with van der Waals surface area (Å²) >= 11 is 0. The third-order valence-corrected chi connectivity index (χ3v) is 7.02. The molecule has 0 radical (unpaired) electrons. The van der Waals surface area contributed by atoms with Gasteiger partial charge in [0, 0.05) is 19.5 Å². The number of fused-ring (bicyclic) bond motifs is 3. The smallest absolute Gasteiger partial charge is 0.322 e. The number of rotatable bonds is 2. The number of piperidine rings is 1. The highest BCUT2D eigenvalue weighted by molar-refractivity contribution is 6.11. The molecule has 1 unspecified atom stereocenters. The van der Waals surface area contributed by atoms with Crippen LogP contribution in [-0.2, 0) is 14.4 Å². The number of hydrogen-bond acceptors (Lipinski definition) is 5. The Balaban J connectivity index is 1.36. The molecule has 4 aliphatic heterocycles. The molecular formula is C21H23N5O5. The molecule has 0 aliphatic carbocycles. The van der Waals surface area contributed by atoms with Crippen LogP contribution in [0.1, 0.15) is 43.0 Å². The van der Waals surface area contributed by atoms with Gasteiger partial charge in [-0.05, 0) is 38.3 Å². The lowest BCUT2D eigenvalue weighted by molar-refractivity contribution is -0.137. The Morgan fingerprint density at radius 3 is 2.45 bits per heavy atom. The third-order valence-electron chi connectivity index (χ3n) is 7.02. The number of para-hydroxylation sites is 1. The van der Waals surface area contributed by atoms with Gasteiger partial charge < -0.3 is 15.1 Å². The molecule has 162 valence electrons. The lowest BCUT2D eigenvalue weighted by atomic mass is 9.87. The second-order valence-electron chi connectivity index (χ2n) is 8.73. The fraction of sp³-hybridized carbons (Fsp3) is 0.476. The molecule has 1 spiro atoms. The third kappa shape index (κ3) is 2.74. The summed E-state index contributed by atoms with van der Waals surface area (Å²) in [6.45, 7) is 2.26. The van der Waals surface area contributed by atoms with Gasteiger partial charge in [0.15, 0.2) is 0 Å². The zero-order valence-corrected chi connectivity index (χ0v) is 17.1. The summed E-state index contributed by atoms with van der Waals surface area (Å²) in [5.74, 6) is -0.941. The normalized spacial score (nSPS) is 26.7. The number of likely N-dealkylation sites (tertiary alicyclic amines) is 1. The summed E-state index contributed by atoms with van der Waals surface area (Å²) in [6.07, 6.45) is 1.39. The van der Waals surface area contributed by atoms with Crippen molar-refractivity contribution in [1.29, 1.82) is 0 Å². The number of carbonyl (C=O) groups excluding carboxylic acids is 5. The van der Waals surface area contributed by atoms with E-state index in [4.69, 9.17) is 0 Å². The van der Waals surface area contributed by atoms with Crippen LogP contribution >= 0.6 is 0 Å². The van der Waals surface area contributed by atoms with Crippen molar-refractivity contribution >= 4 is 35.3 Å². The average molecular weight is 425 g/mol. The van der Waals surface area contributed by atoms with Crippen LogP contribution in [0.4, 0.5) is 10.5 Å². The van der Waals surface area contributed by atoms with E-state index in [0.29, 0.717) is 50.0 Å². The zero-order chi connectivity index (χ0) is 22.0. The summed E-state index contributed by atoms with van der Waals surface area (Å²) in [4.78, 5) is 67.4. The van der Waals surface area contributed by atoms with Crippen molar-refractivity contribution in [3.63, 3.8) is 0 Å². The molecule has 3 saturated heterocycles. The van der Waals surface area contributed by atoms with Crippen LogP contribution in [0, 0.1) is 0 Å². The van der Waals surface area contributed by atoms with E-state index in [1.807, 2.05) is 6.92 Å². The van der Waals surface area contributed by atoms with E-state index in [-0.39, 0.29) is 30.2 Å². The minimum Gasteiger partial charge on any atom is -0.341 e. The molecule has 5 rings (SSSR count). The van der Waals surface area contributed by atoms with Crippen molar-refractivity contribution in [2.24, 2.45) is 0 Å². The number of hydrogen-bond donors (Lipinski definition) is 2.